The molecule has 6 rings (SSSR count). The Morgan fingerprint density at radius 2 is 2.03 bits per heavy atom. The van der Waals surface area contributed by atoms with E-state index >= 15 is 0 Å². The molecule has 1 N–H and O–H groups in total. The summed E-state index contributed by atoms with van der Waals surface area (Å²) in [7, 11) is 0. The van der Waals surface area contributed by atoms with Gasteiger partial charge in [-0.05, 0) is 45.0 Å². The van der Waals surface area contributed by atoms with Crippen molar-refractivity contribution in [1.29, 1.82) is 0 Å². The lowest BCUT2D eigenvalue weighted by Gasteiger charge is -2.43. The fourth-order valence-electron chi connectivity index (χ4n) is 5.90. The van der Waals surface area contributed by atoms with Crippen molar-refractivity contribution in [3.63, 3.8) is 0 Å². The molecule has 0 aromatic carbocycles. The molecule has 0 spiro atoms. The molecule has 2 atom stereocenters. The van der Waals surface area contributed by atoms with Crippen molar-refractivity contribution in [2.24, 2.45) is 0 Å². The maximum atomic E-state index is 11.8. The van der Waals surface area contributed by atoms with E-state index in [1.807, 2.05) is 18.0 Å². The molecular weight excluding hydrogens is 456 g/mol. The van der Waals surface area contributed by atoms with Crippen LogP contribution in [-0.2, 0) is 9.53 Å². The third-order valence-electron chi connectivity index (χ3n) is 7.94. The summed E-state index contributed by atoms with van der Waals surface area (Å²) in [6.07, 6.45) is 4.17. The van der Waals surface area contributed by atoms with E-state index in [0.29, 0.717) is 12.0 Å². The van der Waals surface area contributed by atoms with E-state index < -0.39 is 0 Å². The standard InChI is InChI=1S/C27H34N6O3/c1-4-24(34)33-15-20(16-33)32-8-6-19(14-32)21-13-22-26(17(2)29-21)36-18(3)25-23(5-7-28-27(25)30-22)31-9-11-35-12-10-31/h4-5,7,13,18-20H,1,6,8-12,14-16H2,2-3H3,(H,28,30)/t18-,19+/m0/s1. The highest BCUT2D eigenvalue weighted by atomic mass is 16.5. The number of likely N-dealkylation sites (tertiary alicyclic amines) is 2. The summed E-state index contributed by atoms with van der Waals surface area (Å²) in [5.74, 6) is 2.02. The van der Waals surface area contributed by atoms with Crippen LogP contribution in [0.2, 0.25) is 0 Å². The number of aryl methyl sites for hydroxylation is 1. The zero-order chi connectivity index (χ0) is 24.8. The van der Waals surface area contributed by atoms with E-state index in [0.717, 1.165) is 98.8 Å². The third kappa shape index (κ3) is 4.10. The van der Waals surface area contributed by atoms with Crippen molar-refractivity contribution in [3.8, 4) is 5.75 Å². The van der Waals surface area contributed by atoms with Gasteiger partial charge >= 0.3 is 0 Å². The highest BCUT2D eigenvalue weighted by Crippen LogP contribution is 2.44. The number of carbonyl (C=O) groups is 1. The number of hydrogen-bond donors (Lipinski definition) is 1. The summed E-state index contributed by atoms with van der Waals surface area (Å²) in [6, 6.07) is 4.66. The number of hydrogen-bond acceptors (Lipinski definition) is 8. The number of anilines is 3. The van der Waals surface area contributed by atoms with Crippen LogP contribution in [0.4, 0.5) is 17.2 Å². The van der Waals surface area contributed by atoms with Crippen molar-refractivity contribution in [2.75, 3.05) is 62.7 Å². The Kier molecular flexibility index (Phi) is 6.05. The molecule has 0 unspecified atom stereocenters. The van der Waals surface area contributed by atoms with E-state index in [2.05, 4.69) is 40.8 Å². The van der Waals surface area contributed by atoms with Crippen LogP contribution in [0.5, 0.6) is 5.75 Å². The maximum absolute atomic E-state index is 11.8. The summed E-state index contributed by atoms with van der Waals surface area (Å²) < 4.78 is 12.1. The molecule has 3 fully saturated rings. The lowest BCUT2D eigenvalue weighted by atomic mass is 10.0. The number of aromatic nitrogens is 2. The van der Waals surface area contributed by atoms with Crippen LogP contribution < -0.4 is 15.0 Å². The molecule has 0 bridgehead atoms. The van der Waals surface area contributed by atoms with Gasteiger partial charge in [0.2, 0.25) is 5.91 Å². The predicted octanol–water partition coefficient (Wildman–Crippen LogP) is 3.00. The van der Waals surface area contributed by atoms with Crippen LogP contribution >= 0.6 is 0 Å². The van der Waals surface area contributed by atoms with Gasteiger partial charge in [-0.1, -0.05) is 6.58 Å². The van der Waals surface area contributed by atoms with Crippen LogP contribution in [0, 0.1) is 6.92 Å². The van der Waals surface area contributed by atoms with Gasteiger partial charge in [0, 0.05) is 62.3 Å². The van der Waals surface area contributed by atoms with E-state index in [-0.39, 0.29) is 12.0 Å². The normalized spacial score (nSPS) is 24.2. The second-order valence-corrected chi connectivity index (χ2v) is 10.2. The van der Waals surface area contributed by atoms with Crippen LogP contribution in [0.1, 0.15) is 42.3 Å². The minimum atomic E-state index is -0.159. The minimum absolute atomic E-state index is 0.0241. The Morgan fingerprint density at radius 1 is 1.22 bits per heavy atom. The molecule has 0 radical (unpaired) electrons. The quantitative estimate of drug-likeness (QED) is 0.655. The summed E-state index contributed by atoms with van der Waals surface area (Å²) >= 11 is 0. The van der Waals surface area contributed by atoms with Gasteiger partial charge in [0.25, 0.3) is 0 Å². The average Bonchev–Trinajstić information content (AvgIpc) is 3.29. The minimum Gasteiger partial charge on any atom is -0.482 e. The van der Waals surface area contributed by atoms with Gasteiger partial charge in [-0.15, -0.1) is 0 Å². The van der Waals surface area contributed by atoms with Crippen molar-refractivity contribution in [3.05, 3.63) is 47.9 Å². The van der Waals surface area contributed by atoms with Gasteiger partial charge in [0.05, 0.1) is 30.2 Å². The second kappa shape index (κ2) is 9.37. The number of carbonyl (C=O) groups excluding carboxylic acids is 1. The first-order valence-corrected chi connectivity index (χ1v) is 12.9. The van der Waals surface area contributed by atoms with Crippen molar-refractivity contribution in [1.82, 2.24) is 19.8 Å². The number of nitrogens with zero attached hydrogens (tertiary/aromatic N) is 5. The SMILES string of the molecule is C=CC(=O)N1CC(N2CC[C@@H](c3cc4c(c(C)n3)O[C@@H](C)c3c(N5CCOCC5)ccnc3N4)C2)C1. The largest absolute Gasteiger partial charge is 0.482 e. The van der Waals surface area contributed by atoms with Gasteiger partial charge in [0.1, 0.15) is 11.9 Å². The van der Waals surface area contributed by atoms with Gasteiger partial charge in [-0.2, -0.15) is 0 Å². The Bertz CT molecular complexity index is 1170. The molecule has 4 aliphatic rings. The third-order valence-corrected chi connectivity index (χ3v) is 7.94. The van der Waals surface area contributed by atoms with Crippen LogP contribution in [0.15, 0.2) is 31.0 Å². The number of morpholine rings is 1. The zero-order valence-corrected chi connectivity index (χ0v) is 21.1. The number of rotatable bonds is 4. The van der Waals surface area contributed by atoms with Gasteiger partial charge in [-0.3, -0.25) is 14.7 Å². The smallest absolute Gasteiger partial charge is 0.246 e. The van der Waals surface area contributed by atoms with E-state index in [4.69, 9.17) is 19.4 Å². The lowest BCUT2D eigenvalue weighted by molar-refractivity contribution is -0.132. The second-order valence-electron chi connectivity index (χ2n) is 10.2. The predicted molar refractivity (Wildman–Crippen MR) is 138 cm³/mol. The number of ether oxygens (including phenoxy) is 2. The first-order chi connectivity index (χ1) is 17.5. The zero-order valence-electron chi connectivity index (χ0n) is 21.1. The molecular formula is C27H34N6O3. The van der Waals surface area contributed by atoms with Gasteiger partial charge in [0.15, 0.2) is 5.75 Å². The Balaban J connectivity index is 1.23. The first kappa shape index (κ1) is 23.2. The number of nitrogens with one attached hydrogen (secondary N) is 1. The Hall–Kier alpha value is -3.17. The summed E-state index contributed by atoms with van der Waals surface area (Å²) in [6.45, 7) is 14.4. The monoisotopic (exact) mass is 490 g/mol. The molecule has 0 aliphatic carbocycles. The molecule has 3 saturated heterocycles. The highest BCUT2D eigenvalue weighted by Gasteiger charge is 2.38. The lowest BCUT2D eigenvalue weighted by Crippen LogP contribution is -2.60. The molecule has 0 saturated carbocycles. The molecule has 2 aromatic heterocycles. The van der Waals surface area contributed by atoms with Crippen LogP contribution in [0.3, 0.4) is 0 Å². The molecule has 2 aromatic rings. The van der Waals surface area contributed by atoms with Gasteiger partial charge in [-0.25, -0.2) is 4.98 Å². The van der Waals surface area contributed by atoms with Crippen molar-refractivity contribution < 1.29 is 14.3 Å². The number of fused-ring (bicyclic) bond motifs is 2. The van der Waals surface area contributed by atoms with Crippen LogP contribution in [-0.4, -0.2) is 84.2 Å². The summed E-state index contributed by atoms with van der Waals surface area (Å²) in [5.41, 5.74) is 5.14. The molecule has 1 amide bonds. The molecule has 36 heavy (non-hydrogen) atoms. The topological polar surface area (TPSA) is 83.1 Å². The van der Waals surface area contributed by atoms with E-state index in [9.17, 15) is 4.79 Å². The van der Waals surface area contributed by atoms with Crippen molar-refractivity contribution >= 4 is 23.1 Å². The summed E-state index contributed by atoms with van der Waals surface area (Å²) in [5, 5.41) is 3.60. The average molecular weight is 491 g/mol. The number of pyridine rings is 2. The molecule has 9 nitrogen and oxygen atoms in total. The fourth-order valence-corrected chi connectivity index (χ4v) is 5.90. The Morgan fingerprint density at radius 3 is 2.81 bits per heavy atom. The first-order valence-electron chi connectivity index (χ1n) is 12.9. The summed E-state index contributed by atoms with van der Waals surface area (Å²) in [4.78, 5) is 28.2. The van der Waals surface area contributed by atoms with E-state index in [1.54, 1.807) is 0 Å². The van der Waals surface area contributed by atoms with Gasteiger partial charge < -0.3 is 24.6 Å². The molecule has 6 heterocycles. The molecule has 190 valence electrons. The molecule has 4 aliphatic heterocycles. The fraction of sp³-hybridized carbons (Fsp3) is 0.519. The van der Waals surface area contributed by atoms with E-state index in [1.165, 1.54) is 6.08 Å². The maximum Gasteiger partial charge on any atom is 0.246 e. The Labute approximate surface area is 212 Å². The van der Waals surface area contributed by atoms with Crippen molar-refractivity contribution in [2.45, 2.75) is 38.3 Å². The highest BCUT2D eigenvalue weighted by molar-refractivity contribution is 5.87. The molecule has 9 heteroatoms. The van der Waals surface area contributed by atoms with Crippen LogP contribution in [0.25, 0.3) is 0 Å². The number of amides is 1.